The highest BCUT2D eigenvalue weighted by molar-refractivity contribution is 5.66. The highest BCUT2D eigenvalue weighted by Crippen LogP contribution is 2.22. The zero-order valence-corrected chi connectivity index (χ0v) is 11.2. The minimum absolute atomic E-state index is 1.13. The molecule has 1 radical (unpaired) electrons. The molecule has 1 heteroatoms. The lowest BCUT2D eigenvalue weighted by molar-refractivity contribution is 0.677. The third-order valence-electron chi connectivity index (χ3n) is 3.02. The van der Waals surface area contributed by atoms with Gasteiger partial charge in [-0.3, -0.25) is 0 Å². The Kier molecular flexibility index (Phi) is 6.46. The first-order chi connectivity index (χ1) is 8.33. The SMILES string of the molecule is [CH]=Cc1ccccc1N(CCCC)CCCC. The predicted molar refractivity (Wildman–Crippen MR) is 77.2 cm³/mol. The molecule has 1 aromatic carbocycles. The number of rotatable bonds is 8. The smallest absolute Gasteiger partial charge is 0.0439 e. The molecule has 0 aliphatic carbocycles. The van der Waals surface area contributed by atoms with Crippen molar-refractivity contribution in [3.8, 4) is 0 Å². The molecule has 0 aliphatic heterocycles. The number of benzene rings is 1. The fourth-order valence-electron chi connectivity index (χ4n) is 1.97. The third-order valence-corrected chi connectivity index (χ3v) is 3.02. The first kappa shape index (κ1) is 13.8. The number of para-hydroxylation sites is 1. The average Bonchev–Trinajstić information content (AvgIpc) is 2.39. The van der Waals surface area contributed by atoms with Crippen LogP contribution < -0.4 is 4.90 Å². The van der Waals surface area contributed by atoms with E-state index in [9.17, 15) is 0 Å². The topological polar surface area (TPSA) is 3.24 Å². The van der Waals surface area contributed by atoms with Crippen LogP contribution >= 0.6 is 0 Å². The van der Waals surface area contributed by atoms with E-state index in [0.717, 1.165) is 18.7 Å². The van der Waals surface area contributed by atoms with Crippen LogP contribution in [0.4, 0.5) is 5.69 Å². The van der Waals surface area contributed by atoms with Gasteiger partial charge in [0.25, 0.3) is 0 Å². The van der Waals surface area contributed by atoms with Gasteiger partial charge in [-0.05, 0) is 24.5 Å². The van der Waals surface area contributed by atoms with E-state index >= 15 is 0 Å². The van der Waals surface area contributed by atoms with E-state index in [1.165, 1.54) is 31.4 Å². The number of unbranched alkanes of at least 4 members (excludes halogenated alkanes) is 2. The van der Waals surface area contributed by atoms with Crippen molar-refractivity contribution < 1.29 is 0 Å². The Labute approximate surface area is 106 Å². The van der Waals surface area contributed by atoms with Gasteiger partial charge in [-0.25, -0.2) is 0 Å². The maximum Gasteiger partial charge on any atom is 0.0439 e. The van der Waals surface area contributed by atoms with Crippen LogP contribution in [0, 0.1) is 6.58 Å². The Hall–Kier alpha value is -1.24. The summed E-state index contributed by atoms with van der Waals surface area (Å²) in [6, 6.07) is 8.39. The minimum Gasteiger partial charge on any atom is -0.371 e. The fraction of sp³-hybridized carbons (Fsp3) is 0.500. The normalized spacial score (nSPS) is 10.2. The Bertz CT molecular complexity index is 322. The van der Waals surface area contributed by atoms with Gasteiger partial charge in [0.2, 0.25) is 0 Å². The second-order valence-corrected chi connectivity index (χ2v) is 4.42. The molecule has 1 nitrogen and oxygen atoms in total. The Morgan fingerprint density at radius 3 is 2.18 bits per heavy atom. The first-order valence-corrected chi connectivity index (χ1v) is 6.72. The van der Waals surface area contributed by atoms with E-state index in [1.807, 2.05) is 6.07 Å². The Morgan fingerprint density at radius 1 is 1.06 bits per heavy atom. The van der Waals surface area contributed by atoms with Crippen LogP contribution in [0.5, 0.6) is 0 Å². The van der Waals surface area contributed by atoms with Crippen molar-refractivity contribution in [1.29, 1.82) is 0 Å². The standard InChI is InChI=1S/C16H24N/c1-4-7-13-17(14-8-5-2)16-12-10-9-11-15(16)6-3/h3,6,9-12H,4-5,7-8,13-14H2,1-2H3. The molecule has 0 heterocycles. The number of anilines is 1. The maximum absolute atomic E-state index is 5.69. The molecule has 0 fully saturated rings. The zero-order chi connectivity index (χ0) is 12.5. The molecule has 0 N–H and O–H groups in total. The van der Waals surface area contributed by atoms with Crippen LogP contribution in [-0.2, 0) is 0 Å². The van der Waals surface area contributed by atoms with Crippen molar-refractivity contribution in [1.82, 2.24) is 0 Å². The fourth-order valence-corrected chi connectivity index (χ4v) is 1.97. The molecule has 0 spiro atoms. The predicted octanol–water partition coefficient (Wildman–Crippen LogP) is 4.54. The van der Waals surface area contributed by atoms with E-state index in [2.05, 4.69) is 36.9 Å². The summed E-state index contributed by atoms with van der Waals surface area (Å²) in [4.78, 5) is 2.46. The first-order valence-electron chi connectivity index (χ1n) is 6.72. The van der Waals surface area contributed by atoms with Crippen LogP contribution in [0.3, 0.4) is 0 Å². The van der Waals surface area contributed by atoms with E-state index in [1.54, 1.807) is 6.08 Å². The molecule has 0 atom stereocenters. The van der Waals surface area contributed by atoms with E-state index in [4.69, 9.17) is 6.58 Å². The summed E-state index contributed by atoms with van der Waals surface area (Å²) >= 11 is 0. The molecule has 1 aromatic rings. The third kappa shape index (κ3) is 4.26. The highest BCUT2D eigenvalue weighted by Gasteiger charge is 2.08. The Balaban J connectivity index is 2.82. The minimum atomic E-state index is 1.13. The molecule has 0 bridgehead atoms. The van der Waals surface area contributed by atoms with E-state index in [0.29, 0.717) is 0 Å². The molecule has 0 saturated heterocycles. The Morgan fingerprint density at radius 2 is 1.65 bits per heavy atom. The van der Waals surface area contributed by atoms with Gasteiger partial charge in [0, 0.05) is 18.8 Å². The second-order valence-electron chi connectivity index (χ2n) is 4.42. The lowest BCUT2D eigenvalue weighted by Crippen LogP contribution is -2.26. The van der Waals surface area contributed by atoms with Crippen molar-refractivity contribution in [2.24, 2.45) is 0 Å². The van der Waals surface area contributed by atoms with Gasteiger partial charge in [-0.1, -0.05) is 57.5 Å². The van der Waals surface area contributed by atoms with Gasteiger partial charge >= 0.3 is 0 Å². The van der Waals surface area contributed by atoms with Crippen molar-refractivity contribution in [3.05, 3.63) is 36.4 Å². The van der Waals surface area contributed by atoms with E-state index in [-0.39, 0.29) is 0 Å². The van der Waals surface area contributed by atoms with E-state index < -0.39 is 0 Å². The summed E-state index contributed by atoms with van der Waals surface area (Å²) in [6.45, 7) is 12.4. The summed E-state index contributed by atoms with van der Waals surface area (Å²) in [7, 11) is 0. The van der Waals surface area contributed by atoms with Gasteiger partial charge < -0.3 is 4.90 Å². The van der Waals surface area contributed by atoms with Gasteiger partial charge in [0.05, 0.1) is 0 Å². The molecule has 93 valence electrons. The summed E-state index contributed by atoms with van der Waals surface area (Å²) in [5.41, 5.74) is 2.41. The average molecular weight is 230 g/mol. The summed E-state index contributed by atoms with van der Waals surface area (Å²) < 4.78 is 0. The van der Waals surface area contributed by atoms with Gasteiger partial charge in [0.1, 0.15) is 0 Å². The van der Waals surface area contributed by atoms with Crippen molar-refractivity contribution in [3.63, 3.8) is 0 Å². The number of hydrogen-bond acceptors (Lipinski definition) is 1. The molecule has 0 aromatic heterocycles. The van der Waals surface area contributed by atoms with Crippen molar-refractivity contribution in [2.45, 2.75) is 39.5 Å². The van der Waals surface area contributed by atoms with Crippen molar-refractivity contribution >= 4 is 11.8 Å². The molecule has 0 saturated carbocycles. The lowest BCUT2D eigenvalue weighted by atomic mass is 10.1. The maximum atomic E-state index is 5.69. The van der Waals surface area contributed by atoms with Crippen LogP contribution in [0.15, 0.2) is 24.3 Å². The van der Waals surface area contributed by atoms with Crippen molar-refractivity contribution in [2.75, 3.05) is 18.0 Å². The molecule has 17 heavy (non-hydrogen) atoms. The molecule has 0 aliphatic rings. The van der Waals surface area contributed by atoms with Crippen LogP contribution in [0.2, 0.25) is 0 Å². The van der Waals surface area contributed by atoms with Gasteiger partial charge in [0.15, 0.2) is 0 Å². The molecule has 0 unspecified atom stereocenters. The quantitative estimate of drug-likeness (QED) is 0.633. The molecular weight excluding hydrogens is 206 g/mol. The summed E-state index contributed by atoms with van der Waals surface area (Å²) in [5, 5.41) is 0. The monoisotopic (exact) mass is 230 g/mol. The van der Waals surface area contributed by atoms with Crippen LogP contribution in [0.1, 0.15) is 45.1 Å². The molecule has 0 amide bonds. The van der Waals surface area contributed by atoms with Crippen LogP contribution in [0.25, 0.3) is 6.08 Å². The molecular formula is C16H24N. The highest BCUT2D eigenvalue weighted by atomic mass is 15.1. The second kappa shape index (κ2) is 7.94. The lowest BCUT2D eigenvalue weighted by Gasteiger charge is -2.26. The largest absolute Gasteiger partial charge is 0.371 e. The summed E-state index contributed by atoms with van der Waals surface area (Å²) in [5.74, 6) is 0. The van der Waals surface area contributed by atoms with Crippen LogP contribution in [-0.4, -0.2) is 13.1 Å². The number of hydrogen-bond donors (Lipinski definition) is 0. The number of nitrogens with zero attached hydrogens (tertiary/aromatic N) is 1. The summed E-state index contributed by atoms with van der Waals surface area (Å²) in [6.07, 6.45) is 6.65. The van der Waals surface area contributed by atoms with Gasteiger partial charge in [-0.15, -0.1) is 0 Å². The zero-order valence-electron chi connectivity index (χ0n) is 11.2. The van der Waals surface area contributed by atoms with Gasteiger partial charge in [-0.2, -0.15) is 0 Å². The molecule has 1 rings (SSSR count).